The lowest BCUT2D eigenvalue weighted by atomic mass is 10.1. The molecule has 2 aromatic heterocycles. The monoisotopic (exact) mass is 442 g/mol. The van der Waals surface area contributed by atoms with Crippen molar-refractivity contribution in [3.8, 4) is 11.3 Å². The number of hydrogen-bond acceptors (Lipinski definition) is 7. The Morgan fingerprint density at radius 1 is 1.13 bits per heavy atom. The molecule has 1 aliphatic heterocycles. The standard InChI is InChI=1S/C22H27ClN6O2/c1-22(2,3)31-21(30)29-17-13-24-20(23)25-19(17)18(26-29)16-7-5-15(6-8-16)14-28-11-9-27(4)10-12-28/h5-8,13H,9-12,14H2,1-4H3. The van der Waals surface area contributed by atoms with E-state index in [0.29, 0.717) is 16.7 Å². The van der Waals surface area contributed by atoms with Crippen molar-refractivity contribution in [1.29, 1.82) is 0 Å². The first-order valence-corrected chi connectivity index (χ1v) is 10.7. The van der Waals surface area contributed by atoms with E-state index in [2.05, 4.69) is 44.0 Å². The van der Waals surface area contributed by atoms with Gasteiger partial charge in [0.05, 0.1) is 6.20 Å². The van der Waals surface area contributed by atoms with Crippen LogP contribution < -0.4 is 0 Å². The molecule has 0 atom stereocenters. The largest absolute Gasteiger partial charge is 0.442 e. The molecule has 31 heavy (non-hydrogen) atoms. The Balaban J connectivity index is 1.63. The number of rotatable bonds is 3. The van der Waals surface area contributed by atoms with E-state index in [9.17, 15) is 4.79 Å². The number of ether oxygens (including phenoxy) is 1. The molecule has 1 aromatic carbocycles. The third-order valence-corrected chi connectivity index (χ3v) is 5.37. The minimum atomic E-state index is -0.645. The SMILES string of the molecule is CN1CCN(Cc2ccc(-c3nn(C(=O)OC(C)(C)C)c4cnc(Cl)nc34)cc2)CC1. The number of carbonyl (C=O) groups excluding carboxylic acids is 1. The van der Waals surface area contributed by atoms with Crippen LogP contribution in [0.25, 0.3) is 22.3 Å². The average molecular weight is 443 g/mol. The number of hydrogen-bond donors (Lipinski definition) is 0. The van der Waals surface area contributed by atoms with Crippen LogP contribution in [0.2, 0.25) is 5.28 Å². The van der Waals surface area contributed by atoms with Gasteiger partial charge in [0.2, 0.25) is 5.28 Å². The molecule has 9 heteroatoms. The topological polar surface area (TPSA) is 76.4 Å². The summed E-state index contributed by atoms with van der Waals surface area (Å²) in [6, 6.07) is 8.19. The van der Waals surface area contributed by atoms with Crippen LogP contribution in [0.5, 0.6) is 0 Å². The van der Waals surface area contributed by atoms with Crippen molar-refractivity contribution in [2.24, 2.45) is 0 Å². The summed E-state index contributed by atoms with van der Waals surface area (Å²) in [5.74, 6) is 0. The van der Waals surface area contributed by atoms with Crippen LogP contribution in [0.15, 0.2) is 30.5 Å². The molecule has 0 unspecified atom stereocenters. The van der Waals surface area contributed by atoms with E-state index < -0.39 is 11.7 Å². The smallest absolute Gasteiger partial charge is 0.435 e. The molecule has 0 aliphatic carbocycles. The Morgan fingerprint density at radius 2 is 1.81 bits per heavy atom. The second-order valence-corrected chi connectivity index (χ2v) is 9.23. The Labute approximate surface area is 186 Å². The minimum absolute atomic E-state index is 0.101. The molecule has 0 saturated carbocycles. The second kappa shape index (κ2) is 8.53. The van der Waals surface area contributed by atoms with Crippen LogP contribution in [0, 0.1) is 0 Å². The maximum absolute atomic E-state index is 12.7. The van der Waals surface area contributed by atoms with E-state index in [0.717, 1.165) is 38.3 Å². The Kier molecular flexibility index (Phi) is 5.96. The number of piperazine rings is 1. The number of fused-ring (bicyclic) bond motifs is 1. The molecule has 0 spiro atoms. The number of benzene rings is 1. The zero-order valence-corrected chi connectivity index (χ0v) is 19.1. The lowest BCUT2D eigenvalue weighted by molar-refractivity contribution is 0.0523. The van der Waals surface area contributed by atoms with Crippen LogP contribution >= 0.6 is 11.6 Å². The fourth-order valence-electron chi connectivity index (χ4n) is 3.56. The number of carbonyl (C=O) groups is 1. The summed E-state index contributed by atoms with van der Waals surface area (Å²) in [5, 5.41) is 4.60. The van der Waals surface area contributed by atoms with Gasteiger partial charge >= 0.3 is 6.09 Å². The summed E-state index contributed by atoms with van der Waals surface area (Å²) in [6.45, 7) is 10.7. The summed E-state index contributed by atoms with van der Waals surface area (Å²) in [4.78, 5) is 25.8. The van der Waals surface area contributed by atoms with Crippen LogP contribution in [0.1, 0.15) is 26.3 Å². The molecule has 3 heterocycles. The predicted molar refractivity (Wildman–Crippen MR) is 120 cm³/mol. The van der Waals surface area contributed by atoms with Crippen molar-refractivity contribution in [2.75, 3.05) is 33.2 Å². The highest BCUT2D eigenvalue weighted by Gasteiger charge is 2.24. The van der Waals surface area contributed by atoms with Gasteiger partial charge in [0, 0.05) is 38.3 Å². The molecule has 0 N–H and O–H groups in total. The van der Waals surface area contributed by atoms with Gasteiger partial charge in [-0.25, -0.2) is 14.8 Å². The highest BCUT2D eigenvalue weighted by Crippen LogP contribution is 2.28. The Morgan fingerprint density at radius 3 is 2.45 bits per heavy atom. The lowest BCUT2D eigenvalue weighted by Crippen LogP contribution is -2.43. The van der Waals surface area contributed by atoms with Gasteiger partial charge in [-0.1, -0.05) is 24.3 Å². The summed E-state index contributed by atoms with van der Waals surface area (Å²) < 4.78 is 6.69. The number of nitrogens with zero attached hydrogens (tertiary/aromatic N) is 6. The van der Waals surface area contributed by atoms with Crippen molar-refractivity contribution in [3.63, 3.8) is 0 Å². The molecule has 0 radical (unpaired) electrons. The van der Waals surface area contributed by atoms with Gasteiger partial charge in [-0.2, -0.15) is 9.78 Å². The quantitative estimate of drug-likeness (QED) is 0.572. The van der Waals surface area contributed by atoms with Gasteiger partial charge in [-0.05, 0) is 45.0 Å². The third kappa shape index (κ3) is 5.03. The van der Waals surface area contributed by atoms with Crippen molar-refractivity contribution >= 4 is 28.7 Å². The third-order valence-electron chi connectivity index (χ3n) is 5.19. The van der Waals surface area contributed by atoms with Gasteiger partial charge in [0.25, 0.3) is 0 Å². The average Bonchev–Trinajstić information content (AvgIpc) is 3.08. The van der Waals surface area contributed by atoms with Crippen LogP contribution in [-0.4, -0.2) is 74.5 Å². The second-order valence-electron chi connectivity index (χ2n) is 8.89. The van der Waals surface area contributed by atoms with E-state index in [1.165, 1.54) is 16.4 Å². The molecule has 1 aliphatic rings. The van der Waals surface area contributed by atoms with E-state index in [4.69, 9.17) is 16.3 Å². The van der Waals surface area contributed by atoms with E-state index >= 15 is 0 Å². The van der Waals surface area contributed by atoms with Crippen molar-refractivity contribution < 1.29 is 9.53 Å². The Bertz CT molecular complexity index is 1080. The van der Waals surface area contributed by atoms with Gasteiger partial charge < -0.3 is 9.64 Å². The normalized spacial score (nSPS) is 16.0. The molecular formula is C22H27ClN6O2. The zero-order chi connectivity index (χ0) is 22.2. The van der Waals surface area contributed by atoms with Crippen molar-refractivity contribution in [2.45, 2.75) is 32.9 Å². The first-order chi connectivity index (χ1) is 14.7. The van der Waals surface area contributed by atoms with Crippen molar-refractivity contribution in [1.82, 2.24) is 29.5 Å². The van der Waals surface area contributed by atoms with Crippen LogP contribution in [-0.2, 0) is 11.3 Å². The molecule has 0 amide bonds. The number of halogens is 1. The summed E-state index contributed by atoms with van der Waals surface area (Å²) in [6.07, 6.45) is 0.911. The first kappa shape index (κ1) is 21.7. The fraction of sp³-hybridized carbons (Fsp3) is 0.455. The van der Waals surface area contributed by atoms with Gasteiger partial charge in [-0.15, -0.1) is 0 Å². The molecular weight excluding hydrogens is 416 g/mol. The maximum atomic E-state index is 12.7. The number of likely N-dealkylation sites (N-methyl/N-ethyl adjacent to an activating group) is 1. The van der Waals surface area contributed by atoms with Gasteiger partial charge in [0.15, 0.2) is 0 Å². The maximum Gasteiger partial charge on any atom is 0.435 e. The lowest BCUT2D eigenvalue weighted by Gasteiger charge is -2.32. The zero-order valence-electron chi connectivity index (χ0n) is 18.3. The number of aromatic nitrogens is 4. The molecule has 1 fully saturated rings. The summed E-state index contributed by atoms with van der Waals surface area (Å²) >= 11 is 6.03. The van der Waals surface area contributed by atoms with Crippen LogP contribution in [0.3, 0.4) is 0 Å². The highest BCUT2D eigenvalue weighted by atomic mass is 35.5. The fourth-order valence-corrected chi connectivity index (χ4v) is 3.69. The van der Waals surface area contributed by atoms with E-state index in [-0.39, 0.29) is 5.28 Å². The highest BCUT2D eigenvalue weighted by molar-refractivity contribution is 6.28. The van der Waals surface area contributed by atoms with Gasteiger partial charge in [-0.3, -0.25) is 4.90 Å². The van der Waals surface area contributed by atoms with Gasteiger partial charge in [0.1, 0.15) is 22.3 Å². The Hall–Kier alpha value is -2.55. The van der Waals surface area contributed by atoms with E-state index in [1.54, 1.807) is 0 Å². The molecule has 3 aromatic rings. The molecule has 8 nitrogen and oxygen atoms in total. The van der Waals surface area contributed by atoms with Crippen LogP contribution in [0.4, 0.5) is 4.79 Å². The molecule has 0 bridgehead atoms. The molecule has 4 rings (SSSR count). The predicted octanol–water partition coefficient (Wildman–Crippen LogP) is 3.68. The van der Waals surface area contributed by atoms with E-state index in [1.807, 2.05) is 32.9 Å². The van der Waals surface area contributed by atoms with Crippen molar-refractivity contribution in [3.05, 3.63) is 41.3 Å². The first-order valence-electron chi connectivity index (χ1n) is 10.3. The minimum Gasteiger partial charge on any atom is -0.442 e. The summed E-state index contributed by atoms with van der Waals surface area (Å²) in [5.41, 5.74) is 2.97. The summed E-state index contributed by atoms with van der Waals surface area (Å²) in [7, 11) is 2.16. The molecule has 1 saturated heterocycles. The molecule has 164 valence electrons.